The van der Waals surface area contributed by atoms with Crippen molar-refractivity contribution in [1.82, 2.24) is 10.6 Å². The van der Waals surface area contributed by atoms with E-state index in [4.69, 9.17) is 21.1 Å². The average Bonchev–Trinajstić information content (AvgIpc) is 2.68. The maximum absolute atomic E-state index is 12.4. The van der Waals surface area contributed by atoms with E-state index in [-0.39, 0.29) is 24.4 Å². The van der Waals surface area contributed by atoms with Gasteiger partial charge in [0.25, 0.3) is 5.91 Å². The summed E-state index contributed by atoms with van der Waals surface area (Å²) in [4.78, 5) is 24.5. The van der Waals surface area contributed by atoms with Crippen LogP contribution in [0.4, 0.5) is 0 Å². The molecule has 0 saturated heterocycles. The first-order valence-electron chi connectivity index (χ1n) is 9.17. The Morgan fingerprint density at radius 3 is 2.39 bits per heavy atom. The highest BCUT2D eigenvalue weighted by Crippen LogP contribution is 2.28. The summed E-state index contributed by atoms with van der Waals surface area (Å²) in [5, 5.41) is 6.01. The van der Waals surface area contributed by atoms with Crippen molar-refractivity contribution in [3.63, 3.8) is 0 Å². The molecule has 0 aliphatic rings. The predicted octanol–water partition coefficient (Wildman–Crippen LogP) is 3.74. The zero-order valence-electron chi connectivity index (χ0n) is 16.3. The minimum Gasteiger partial charge on any atom is -0.490 e. The number of halogens is 1. The lowest BCUT2D eigenvalue weighted by Gasteiger charge is -2.16. The second kappa shape index (κ2) is 10.6. The second-order valence-corrected chi connectivity index (χ2v) is 6.43. The second-order valence-electron chi connectivity index (χ2n) is 6.02. The first-order chi connectivity index (χ1) is 13.5. The molecule has 2 rings (SSSR count). The number of carbonyl (C=O) groups is 2. The number of ether oxygens (including phenoxy) is 2. The molecule has 0 saturated carbocycles. The number of rotatable bonds is 9. The summed E-state index contributed by atoms with van der Waals surface area (Å²) in [6.07, 6.45) is 0. The summed E-state index contributed by atoms with van der Waals surface area (Å²) in [5.41, 5.74) is 1.20. The lowest BCUT2D eigenvalue weighted by molar-refractivity contribution is -0.120. The van der Waals surface area contributed by atoms with Crippen molar-refractivity contribution in [1.29, 1.82) is 0 Å². The standard InChI is InChI=1S/C21H25ClN2O4/c1-4-27-18-11-10-15(12-19(18)28-5-2)21(26)23-13-20(25)24-14(3)16-8-6-7-9-17(16)22/h6-12,14H,4-5,13H2,1-3H3,(H,23,26)(H,24,25). The Kier molecular flexibility index (Phi) is 8.14. The van der Waals surface area contributed by atoms with E-state index in [1.807, 2.05) is 39.0 Å². The van der Waals surface area contributed by atoms with Gasteiger partial charge in [-0.3, -0.25) is 9.59 Å². The van der Waals surface area contributed by atoms with Gasteiger partial charge >= 0.3 is 0 Å². The van der Waals surface area contributed by atoms with Crippen LogP contribution in [0.25, 0.3) is 0 Å². The summed E-state index contributed by atoms with van der Waals surface area (Å²) in [7, 11) is 0. The highest BCUT2D eigenvalue weighted by molar-refractivity contribution is 6.31. The third-order valence-electron chi connectivity index (χ3n) is 3.96. The monoisotopic (exact) mass is 404 g/mol. The SMILES string of the molecule is CCOc1ccc(C(=O)NCC(=O)NC(C)c2ccccc2Cl)cc1OCC. The maximum Gasteiger partial charge on any atom is 0.251 e. The molecule has 7 heteroatoms. The van der Waals surface area contributed by atoms with E-state index in [0.717, 1.165) is 5.56 Å². The van der Waals surface area contributed by atoms with Crippen molar-refractivity contribution in [2.24, 2.45) is 0 Å². The Morgan fingerprint density at radius 1 is 1.04 bits per heavy atom. The van der Waals surface area contributed by atoms with Crippen molar-refractivity contribution in [2.45, 2.75) is 26.8 Å². The molecule has 0 fully saturated rings. The van der Waals surface area contributed by atoms with Crippen molar-refractivity contribution in [2.75, 3.05) is 19.8 Å². The van der Waals surface area contributed by atoms with Crippen molar-refractivity contribution in [3.8, 4) is 11.5 Å². The number of hydrogen-bond acceptors (Lipinski definition) is 4. The largest absolute Gasteiger partial charge is 0.490 e. The molecule has 150 valence electrons. The first kappa shape index (κ1) is 21.6. The molecule has 0 radical (unpaired) electrons. The number of carbonyl (C=O) groups excluding carboxylic acids is 2. The average molecular weight is 405 g/mol. The molecule has 2 aromatic carbocycles. The Labute approximate surface area is 170 Å². The fourth-order valence-corrected chi connectivity index (χ4v) is 2.95. The van der Waals surface area contributed by atoms with Crippen LogP contribution in [-0.4, -0.2) is 31.6 Å². The fraction of sp³-hybridized carbons (Fsp3) is 0.333. The summed E-state index contributed by atoms with van der Waals surface area (Å²) < 4.78 is 11.0. The van der Waals surface area contributed by atoms with Gasteiger partial charge in [-0.1, -0.05) is 29.8 Å². The molecule has 2 N–H and O–H groups in total. The topological polar surface area (TPSA) is 76.7 Å². The van der Waals surface area contributed by atoms with Crippen LogP contribution in [0.5, 0.6) is 11.5 Å². The Bertz CT molecular complexity index is 826. The molecule has 6 nitrogen and oxygen atoms in total. The van der Waals surface area contributed by atoms with Crippen LogP contribution in [0.2, 0.25) is 5.02 Å². The molecule has 2 amide bonds. The Hall–Kier alpha value is -2.73. The molecule has 1 atom stereocenters. The molecule has 1 unspecified atom stereocenters. The smallest absolute Gasteiger partial charge is 0.251 e. The van der Waals surface area contributed by atoms with E-state index in [1.54, 1.807) is 24.3 Å². The first-order valence-corrected chi connectivity index (χ1v) is 9.55. The third-order valence-corrected chi connectivity index (χ3v) is 4.31. The Morgan fingerprint density at radius 2 is 1.71 bits per heavy atom. The zero-order chi connectivity index (χ0) is 20.5. The molecule has 0 aliphatic heterocycles. The van der Waals surface area contributed by atoms with Crippen LogP contribution in [0.3, 0.4) is 0 Å². The van der Waals surface area contributed by atoms with Crippen molar-refractivity contribution < 1.29 is 19.1 Å². The molecule has 0 heterocycles. The van der Waals surface area contributed by atoms with Crippen molar-refractivity contribution >= 4 is 23.4 Å². The molecular weight excluding hydrogens is 380 g/mol. The van der Waals surface area contributed by atoms with Gasteiger partial charge in [-0.25, -0.2) is 0 Å². The van der Waals surface area contributed by atoms with Crippen LogP contribution < -0.4 is 20.1 Å². The summed E-state index contributed by atoms with van der Waals surface area (Å²) in [5.74, 6) is 0.391. The van der Waals surface area contributed by atoms with Gasteiger partial charge in [0, 0.05) is 10.6 Å². The fourth-order valence-electron chi connectivity index (χ4n) is 2.65. The molecule has 0 bridgehead atoms. The quantitative estimate of drug-likeness (QED) is 0.667. The number of amides is 2. The number of hydrogen-bond donors (Lipinski definition) is 2. The third kappa shape index (κ3) is 5.89. The van der Waals surface area contributed by atoms with Gasteiger partial charge in [0.15, 0.2) is 11.5 Å². The molecule has 0 spiro atoms. The van der Waals surface area contributed by atoms with E-state index in [2.05, 4.69) is 10.6 Å². The molecule has 2 aromatic rings. The molecular formula is C21H25ClN2O4. The van der Waals surface area contributed by atoms with Crippen LogP contribution in [0.1, 0.15) is 42.7 Å². The van der Waals surface area contributed by atoms with E-state index < -0.39 is 0 Å². The van der Waals surface area contributed by atoms with Gasteiger partial charge in [-0.05, 0) is 50.6 Å². The van der Waals surface area contributed by atoms with Gasteiger partial charge in [0.1, 0.15) is 0 Å². The van der Waals surface area contributed by atoms with Crippen LogP contribution in [-0.2, 0) is 4.79 Å². The highest BCUT2D eigenvalue weighted by atomic mass is 35.5. The van der Waals surface area contributed by atoms with Gasteiger partial charge in [-0.2, -0.15) is 0 Å². The van der Waals surface area contributed by atoms with Gasteiger partial charge < -0.3 is 20.1 Å². The minimum atomic E-state index is -0.371. The number of nitrogens with one attached hydrogen (secondary N) is 2. The van der Waals surface area contributed by atoms with Crippen LogP contribution >= 0.6 is 11.6 Å². The van der Waals surface area contributed by atoms with E-state index in [0.29, 0.717) is 35.3 Å². The summed E-state index contributed by atoms with van der Waals surface area (Å²) in [6.45, 7) is 6.36. The van der Waals surface area contributed by atoms with Gasteiger partial charge in [0.05, 0.1) is 25.8 Å². The van der Waals surface area contributed by atoms with Crippen LogP contribution in [0, 0.1) is 0 Å². The Balaban J connectivity index is 1.95. The lowest BCUT2D eigenvalue weighted by atomic mass is 10.1. The maximum atomic E-state index is 12.4. The van der Waals surface area contributed by atoms with Gasteiger partial charge in [0.2, 0.25) is 5.91 Å². The summed E-state index contributed by atoms with van der Waals surface area (Å²) in [6, 6.07) is 11.9. The van der Waals surface area contributed by atoms with E-state index in [1.165, 1.54) is 0 Å². The number of benzene rings is 2. The van der Waals surface area contributed by atoms with E-state index in [9.17, 15) is 9.59 Å². The lowest BCUT2D eigenvalue weighted by Crippen LogP contribution is -2.38. The minimum absolute atomic E-state index is 0.148. The predicted molar refractivity (Wildman–Crippen MR) is 109 cm³/mol. The van der Waals surface area contributed by atoms with Gasteiger partial charge in [-0.15, -0.1) is 0 Å². The van der Waals surface area contributed by atoms with Crippen LogP contribution in [0.15, 0.2) is 42.5 Å². The zero-order valence-corrected chi connectivity index (χ0v) is 17.0. The molecule has 28 heavy (non-hydrogen) atoms. The molecule has 0 aliphatic carbocycles. The summed E-state index contributed by atoms with van der Waals surface area (Å²) >= 11 is 6.14. The molecule has 0 aromatic heterocycles. The van der Waals surface area contributed by atoms with E-state index >= 15 is 0 Å². The normalized spacial score (nSPS) is 11.4. The van der Waals surface area contributed by atoms with Crippen molar-refractivity contribution in [3.05, 3.63) is 58.6 Å². The highest BCUT2D eigenvalue weighted by Gasteiger charge is 2.15.